The molecule has 5 heteroatoms. The zero-order chi connectivity index (χ0) is 21.8. The van der Waals surface area contributed by atoms with E-state index in [0.717, 1.165) is 25.7 Å². The van der Waals surface area contributed by atoms with Gasteiger partial charge in [-0.2, -0.15) is 0 Å². The molecular formula is C26H27NO4. The molecule has 0 bridgehead atoms. The van der Waals surface area contributed by atoms with Crippen LogP contribution in [-0.2, 0) is 0 Å². The summed E-state index contributed by atoms with van der Waals surface area (Å²) in [7, 11) is 0. The van der Waals surface area contributed by atoms with Crippen LogP contribution in [0.25, 0.3) is 11.0 Å². The summed E-state index contributed by atoms with van der Waals surface area (Å²) in [5.74, 6) is 1.03. The molecule has 1 aliphatic carbocycles. The van der Waals surface area contributed by atoms with Gasteiger partial charge in [0.25, 0.3) is 5.91 Å². The number of ketones is 1. The van der Waals surface area contributed by atoms with E-state index in [1.165, 1.54) is 5.56 Å². The van der Waals surface area contributed by atoms with Crippen molar-refractivity contribution >= 4 is 28.3 Å². The van der Waals surface area contributed by atoms with Gasteiger partial charge < -0.3 is 14.5 Å². The van der Waals surface area contributed by atoms with E-state index in [9.17, 15) is 9.59 Å². The Morgan fingerprint density at radius 1 is 1.06 bits per heavy atom. The molecule has 1 spiro atoms. The molecule has 1 saturated carbocycles. The highest BCUT2D eigenvalue weighted by Crippen LogP contribution is 2.46. The molecule has 1 aliphatic heterocycles. The predicted molar refractivity (Wildman–Crippen MR) is 120 cm³/mol. The maximum absolute atomic E-state index is 13.1. The molecule has 2 heterocycles. The fourth-order valence-corrected chi connectivity index (χ4v) is 4.99. The van der Waals surface area contributed by atoms with Crippen LogP contribution in [0.5, 0.6) is 5.75 Å². The summed E-state index contributed by atoms with van der Waals surface area (Å²) in [6.45, 7) is 6.09. The lowest BCUT2D eigenvalue weighted by atomic mass is 9.87. The number of fused-ring (bicyclic) bond motifs is 3. The Kier molecular flexibility index (Phi) is 4.65. The van der Waals surface area contributed by atoms with E-state index in [1.807, 2.05) is 37.3 Å². The Morgan fingerprint density at radius 3 is 2.45 bits per heavy atom. The third-order valence-corrected chi connectivity index (χ3v) is 6.70. The fraction of sp³-hybridized carbons (Fsp3) is 0.385. The van der Waals surface area contributed by atoms with Crippen molar-refractivity contribution in [1.29, 1.82) is 0 Å². The normalized spacial score (nSPS) is 17.2. The smallest absolute Gasteiger partial charge is 0.291 e. The SMILES string of the molecule is Cc1c(C(=O)Nc2ccc(C(C)C)cc2)oc2ccc3c(c12)C(=O)CC1(CCCC1)O3. The van der Waals surface area contributed by atoms with Gasteiger partial charge >= 0.3 is 0 Å². The minimum absolute atomic E-state index is 0.0777. The first-order chi connectivity index (χ1) is 14.9. The van der Waals surface area contributed by atoms with Gasteiger partial charge in [-0.15, -0.1) is 0 Å². The van der Waals surface area contributed by atoms with Crippen LogP contribution < -0.4 is 10.1 Å². The minimum atomic E-state index is -0.349. The molecule has 2 aliphatic rings. The fourth-order valence-electron chi connectivity index (χ4n) is 4.99. The van der Waals surface area contributed by atoms with Crippen molar-refractivity contribution in [1.82, 2.24) is 0 Å². The molecule has 31 heavy (non-hydrogen) atoms. The molecule has 0 unspecified atom stereocenters. The number of aryl methyl sites for hydroxylation is 1. The molecule has 1 amide bonds. The molecule has 160 valence electrons. The van der Waals surface area contributed by atoms with Gasteiger partial charge in [-0.1, -0.05) is 26.0 Å². The minimum Gasteiger partial charge on any atom is -0.486 e. The Labute approximate surface area is 181 Å². The first-order valence-electron chi connectivity index (χ1n) is 11.1. The van der Waals surface area contributed by atoms with Gasteiger partial charge in [0, 0.05) is 16.6 Å². The van der Waals surface area contributed by atoms with Crippen LogP contribution in [0.15, 0.2) is 40.8 Å². The summed E-state index contributed by atoms with van der Waals surface area (Å²) in [5.41, 5.74) is 3.33. The van der Waals surface area contributed by atoms with Gasteiger partial charge in [-0.3, -0.25) is 9.59 Å². The number of nitrogens with one attached hydrogen (secondary N) is 1. The Balaban J connectivity index is 1.48. The Hall–Kier alpha value is -3.08. The van der Waals surface area contributed by atoms with Crippen molar-refractivity contribution in [2.24, 2.45) is 0 Å². The summed E-state index contributed by atoms with van der Waals surface area (Å²) in [6, 6.07) is 11.4. The molecule has 5 rings (SSSR count). The van der Waals surface area contributed by atoms with Crippen molar-refractivity contribution in [3.05, 3.63) is 58.8 Å². The molecule has 0 atom stereocenters. The molecule has 0 saturated heterocycles. The van der Waals surface area contributed by atoms with Gasteiger partial charge in [0.2, 0.25) is 0 Å². The van der Waals surface area contributed by atoms with E-state index >= 15 is 0 Å². The van der Waals surface area contributed by atoms with Gasteiger partial charge in [0.15, 0.2) is 11.5 Å². The van der Waals surface area contributed by atoms with E-state index in [-0.39, 0.29) is 23.1 Å². The van der Waals surface area contributed by atoms with Gasteiger partial charge in [-0.05, 0) is 68.4 Å². The lowest BCUT2D eigenvalue weighted by Crippen LogP contribution is -2.39. The number of amides is 1. The first-order valence-corrected chi connectivity index (χ1v) is 11.1. The van der Waals surface area contributed by atoms with Crippen LogP contribution in [-0.4, -0.2) is 17.3 Å². The third-order valence-electron chi connectivity index (χ3n) is 6.70. The molecule has 1 aromatic heterocycles. The number of Topliss-reactive ketones (excluding diaryl/α,β-unsaturated/α-hetero) is 1. The average Bonchev–Trinajstić information content (AvgIpc) is 3.32. The zero-order valence-corrected chi connectivity index (χ0v) is 18.2. The Morgan fingerprint density at radius 2 is 1.77 bits per heavy atom. The second-order valence-electron chi connectivity index (χ2n) is 9.19. The molecule has 1 fully saturated rings. The number of benzene rings is 2. The number of rotatable bonds is 3. The first kappa shape index (κ1) is 19.9. The van der Waals surface area contributed by atoms with Crippen molar-refractivity contribution in [3.63, 3.8) is 0 Å². The van der Waals surface area contributed by atoms with Crippen LogP contribution in [0.2, 0.25) is 0 Å². The molecular weight excluding hydrogens is 390 g/mol. The largest absolute Gasteiger partial charge is 0.486 e. The second kappa shape index (κ2) is 7.26. The van der Waals surface area contributed by atoms with Gasteiger partial charge in [0.1, 0.15) is 16.9 Å². The van der Waals surface area contributed by atoms with Crippen molar-refractivity contribution < 1.29 is 18.7 Å². The average molecular weight is 418 g/mol. The predicted octanol–water partition coefficient (Wildman–Crippen LogP) is 6.39. The zero-order valence-electron chi connectivity index (χ0n) is 18.2. The summed E-state index contributed by atoms with van der Waals surface area (Å²) >= 11 is 0. The van der Waals surface area contributed by atoms with Crippen LogP contribution in [0, 0.1) is 6.92 Å². The van der Waals surface area contributed by atoms with E-state index < -0.39 is 0 Å². The lowest BCUT2D eigenvalue weighted by Gasteiger charge is -2.34. The van der Waals surface area contributed by atoms with Crippen LogP contribution in [0.4, 0.5) is 5.69 Å². The number of ether oxygens (including phenoxy) is 1. The van der Waals surface area contributed by atoms with Crippen LogP contribution in [0.3, 0.4) is 0 Å². The molecule has 5 nitrogen and oxygen atoms in total. The standard InChI is InChI=1S/C26H27NO4/c1-15(2)17-6-8-18(9-7-17)27-25(29)24-16(3)22-20(30-24)10-11-21-23(22)19(28)14-26(31-21)12-4-5-13-26/h6-11,15H,4-5,12-14H2,1-3H3,(H,27,29). The summed E-state index contributed by atoms with van der Waals surface area (Å²) < 4.78 is 12.3. The number of furan rings is 1. The van der Waals surface area contributed by atoms with Gasteiger partial charge in [-0.25, -0.2) is 0 Å². The summed E-state index contributed by atoms with van der Waals surface area (Å²) in [5, 5.41) is 3.60. The van der Waals surface area contributed by atoms with Crippen molar-refractivity contribution in [2.45, 2.75) is 64.4 Å². The van der Waals surface area contributed by atoms with E-state index in [1.54, 1.807) is 6.07 Å². The van der Waals surface area contributed by atoms with E-state index in [4.69, 9.17) is 9.15 Å². The topological polar surface area (TPSA) is 68.5 Å². The van der Waals surface area contributed by atoms with Crippen LogP contribution in [0.1, 0.15) is 83.9 Å². The highest BCUT2D eigenvalue weighted by Gasteiger charge is 2.43. The third kappa shape index (κ3) is 3.32. The molecule has 0 radical (unpaired) electrons. The van der Waals surface area contributed by atoms with Crippen molar-refractivity contribution in [3.8, 4) is 5.75 Å². The molecule has 1 N–H and O–H groups in total. The van der Waals surface area contributed by atoms with Crippen molar-refractivity contribution in [2.75, 3.05) is 5.32 Å². The number of hydrogen-bond donors (Lipinski definition) is 1. The van der Waals surface area contributed by atoms with Crippen LogP contribution >= 0.6 is 0 Å². The number of carbonyl (C=O) groups excluding carboxylic acids is 2. The van der Waals surface area contributed by atoms with E-state index in [0.29, 0.717) is 45.9 Å². The number of anilines is 1. The molecule has 3 aromatic rings. The lowest BCUT2D eigenvalue weighted by molar-refractivity contribution is 0.0454. The maximum atomic E-state index is 13.1. The summed E-state index contributed by atoms with van der Waals surface area (Å²) in [4.78, 5) is 26.1. The highest BCUT2D eigenvalue weighted by atomic mass is 16.5. The maximum Gasteiger partial charge on any atom is 0.291 e. The quantitative estimate of drug-likeness (QED) is 0.536. The monoisotopic (exact) mass is 417 g/mol. The second-order valence-corrected chi connectivity index (χ2v) is 9.19. The number of hydrogen-bond acceptors (Lipinski definition) is 4. The summed E-state index contributed by atoms with van der Waals surface area (Å²) in [6.07, 6.45) is 4.43. The Bertz CT molecular complexity index is 1180. The van der Waals surface area contributed by atoms with E-state index in [2.05, 4.69) is 19.2 Å². The highest BCUT2D eigenvalue weighted by molar-refractivity contribution is 6.14. The van der Waals surface area contributed by atoms with Gasteiger partial charge in [0.05, 0.1) is 12.0 Å². The number of carbonyl (C=O) groups is 2. The molecule has 2 aromatic carbocycles.